The maximum Gasteiger partial charge on any atom is 0.275 e. The number of quaternary nitrogens is 1. The van der Waals surface area contributed by atoms with Gasteiger partial charge in [0.1, 0.15) is 26.2 Å². The van der Waals surface area contributed by atoms with E-state index in [9.17, 15) is 4.79 Å². The van der Waals surface area contributed by atoms with Gasteiger partial charge in [0.2, 0.25) is 0 Å². The fourth-order valence-corrected chi connectivity index (χ4v) is 3.40. The van der Waals surface area contributed by atoms with E-state index in [0.717, 1.165) is 37.6 Å². The fourth-order valence-electron chi connectivity index (χ4n) is 3.20. The summed E-state index contributed by atoms with van der Waals surface area (Å²) in [5.74, 6) is 1.22. The van der Waals surface area contributed by atoms with Gasteiger partial charge in [0.25, 0.3) is 11.7 Å². The minimum absolute atomic E-state index is 0.0363. The molecule has 0 bridgehead atoms. The number of anilines is 1. The molecular weight excluding hydrogens is 336 g/mol. The minimum atomic E-state index is -0.0363. The van der Waals surface area contributed by atoms with Crippen LogP contribution >= 0.6 is 11.6 Å². The van der Waals surface area contributed by atoms with E-state index in [4.69, 9.17) is 11.6 Å². The summed E-state index contributed by atoms with van der Waals surface area (Å²) in [4.78, 5) is 19.3. The van der Waals surface area contributed by atoms with E-state index in [-0.39, 0.29) is 11.9 Å². The predicted molar refractivity (Wildman–Crippen MR) is 98.8 cm³/mol. The number of carbonyl (C=O) groups excluding carboxylic acids is 1. The largest absolute Gasteiger partial charge is 0.345 e. The number of nitrogens with zero attached hydrogens (tertiary/aromatic N) is 1. The van der Waals surface area contributed by atoms with Crippen molar-refractivity contribution in [2.24, 2.45) is 0 Å². The summed E-state index contributed by atoms with van der Waals surface area (Å²) in [6.45, 7) is 6.32. The first-order valence-corrected chi connectivity index (χ1v) is 9.09. The molecule has 1 saturated heterocycles. The molecule has 25 heavy (non-hydrogen) atoms. The first kappa shape index (κ1) is 17.7. The number of hydrogen-bond donors (Lipinski definition) is 2. The van der Waals surface area contributed by atoms with Crippen LogP contribution in [-0.4, -0.2) is 38.6 Å². The lowest BCUT2D eigenvalue weighted by Gasteiger charge is -2.28. The quantitative estimate of drug-likeness (QED) is 0.826. The molecule has 0 aliphatic carbocycles. The fraction of sp³-hybridized carbons (Fsp3) is 0.368. The number of aromatic amines is 1. The summed E-state index contributed by atoms with van der Waals surface area (Å²) < 4.78 is 0. The van der Waals surface area contributed by atoms with E-state index in [2.05, 4.69) is 21.3 Å². The predicted octanol–water partition coefficient (Wildman–Crippen LogP) is 0.736. The second kappa shape index (κ2) is 8.32. The van der Waals surface area contributed by atoms with Crippen molar-refractivity contribution in [3.8, 4) is 0 Å². The third kappa shape index (κ3) is 4.94. The van der Waals surface area contributed by atoms with Crippen LogP contribution in [0.15, 0.2) is 48.7 Å². The van der Waals surface area contributed by atoms with Crippen LogP contribution in [0, 0.1) is 0 Å². The molecular formula is C19H25ClN4O+2. The Balaban J connectivity index is 1.46. The molecule has 2 aromatic rings. The first-order valence-electron chi connectivity index (χ1n) is 8.72. The summed E-state index contributed by atoms with van der Waals surface area (Å²) >= 11 is 6.02. The molecule has 1 fully saturated rings. The lowest BCUT2D eigenvalue weighted by Crippen LogP contribution is -3.16. The van der Waals surface area contributed by atoms with Crippen LogP contribution in [0.3, 0.4) is 0 Å². The maximum absolute atomic E-state index is 12.3. The van der Waals surface area contributed by atoms with Crippen molar-refractivity contribution in [3.05, 3.63) is 59.2 Å². The monoisotopic (exact) mass is 360 g/mol. The van der Waals surface area contributed by atoms with E-state index in [1.54, 1.807) is 0 Å². The Morgan fingerprint density at radius 1 is 1.28 bits per heavy atom. The molecule has 3 rings (SSSR count). The second-order valence-electron chi connectivity index (χ2n) is 6.51. The Hall–Kier alpha value is -2.11. The van der Waals surface area contributed by atoms with Gasteiger partial charge in [-0.2, -0.15) is 0 Å². The van der Waals surface area contributed by atoms with E-state index in [1.807, 2.05) is 49.5 Å². The molecule has 2 heterocycles. The molecule has 5 nitrogen and oxygen atoms in total. The van der Waals surface area contributed by atoms with E-state index >= 15 is 0 Å². The van der Waals surface area contributed by atoms with Crippen molar-refractivity contribution in [3.63, 3.8) is 0 Å². The van der Waals surface area contributed by atoms with Crippen molar-refractivity contribution in [1.82, 2.24) is 5.32 Å². The zero-order valence-electron chi connectivity index (χ0n) is 14.5. The van der Waals surface area contributed by atoms with Crippen LogP contribution in [0.2, 0.25) is 5.02 Å². The Morgan fingerprint density at radius 3 is 2.76 bits per heavy atom. The molecule has 1 atom stereocenters. The van der Waals surface area contributed by atoms with Gasteiger partial charge in [0, 0.05) is 11.1 Å². The van der Waals surface area contributed by atoms with Crippen LogP contribution in [0.5, 0.6) is 0 Å². The number of aromatic nitrogens is 1. The third-order valence-corrected chi connectivity index (χ3v) is 4.88. The highest BCUT2D eigenvalue weighted by molar-refractivity contribution is 6.30. The molecule has 1 aromatic heterocycles. The van der Waals surface area contributed by atoms with Crippen molar-refractivity contribution in [2.75, 3.05) is 37.6 Å². The molecule has 6 heteroatoms. The zero-order chi connectivity index (χ0) is 17.6. The summed E-state index contributed by atoms with van der Waals surface area (Å²) in [6, 6.07) is 13.7. The van der Waals surface area contributed by atoms with E-state index in [1.165, 1.54) is 4.90 Å². The van der Waals surface area contributed by atoms with E-state index in [0.29, 0.717) is 11.6 Å². The van der Waals surface area contributed by atoms with Gasteiger partial charge in [-0.05, 0) is 30.7 Å². The number of H-pyrrole nitrogens is 1. The molecule has 1 aliphatic rings. The number of nitrogens with one attached hydrogen (secondary N) is 3. The van der Waals surface area contributed by atoms with Crippen LogP contribution < -0.4 is 20.1 Å². The van der Waals surface area contributed by atoms with Crippen LogP contribution in [-0.2, 0) is 4.79 Å². The summed E-state index contributed by atoms with van der Waals surface area (Å²) in [7, 11) is 0. The van der Waals surface area contributed by atoms with Crippen molar-refractivity contribution in [2.45, 2.75) is 13.0 Å². The number of piperazine rings is 1. The molecule has 3 N–H and O–H groups in total. The van der Waals surface area contributed by atoms with Gasteiger partial charge in [-0.1, -0.05) is 29.8 Å². The highest BCUT2D eigenvalue weighted by atomic mass is 35.5. The Labute approximate surface area is 153 Å². The van der Waals surface area contributed by atoms with Crippen LogP contribution in [0.25, 0.3) is 0 Å². The normalized spacial score (nSPS) is 16.5. The molecule has 0 unspecified atom stereocenters. The standard InChI is InChI=1S/C19H23ClN4O/c1-15(16-5-4-6-17(20)13-16)22-19(25)14-23-9-11-24(12-10-23)18-7-2-3-8-21-18/h2-8,13,15H,9-12,14H2,1H3,(H,22,25)/p+2/t15-/m0/s1. The van der Waals surface area contributed by atoms with Crippen molar-refractivity contribution < 1.29 is 14.7 Å². The number of pyridine rings is 1. The van der Waals surface area contributed by atoms with Crippen molar-refractivity contribution in [1.29, 1.82) is 0 Å². The third-order valence-electron chi connectivity index (χ3n) is 4.64. The highest BCUT2D eigenvalue weighted by Crippen LogP contribution is 2.17. The van der Waals surface area contributed by atoms with Gasteiger partial charge in [-0.25, -0.2) is 4.98 Å². The van der Waals surface area contributed by atoms with E-state index < -0.39 is 0 Å². The summed E-state index contributed by atoms with van der Waals surface area (Å²) in [6.07, 6.45) is 1.94. The molecule has 132 valence electrons. The van der Waals surface area contributed by atoms with Crippen LogP contribution in [0.1, 0.15) is 18.5 Å². The topological polar surface area (TPSA) is 50.9 Å². The molecule has 0 saturated carbocycles. The minimum Gasteiger partial charge on any atom is -0.345 e. The van der Waals surface area contributed by atoms with Crippen LogP contribution in [0.4, 0.5) is 5.82 Å². The van der Waals surface area contributed by atoms with Gasteiger partial charge in [-0.15, -0.1) is 0 Å². The number of halogens is 1. The number of carbonyl (C=O) groups is 1. The van der Waals surface area contributed by atoms with Crippen molar-refractivity contribution >= 4 is 23.3 Å². The average Bonchev–Trinajstić information content (AvgIpc) is 2.63. The summed E-state index contributed by atoms with van der Waals surface area (Å²) in [5.41, 5.74) is 1.03. The van der Waals surface area contributed by atoms with Gasteiger partial charge in [0.15, 0.2) is 6.54 Å². The second-order valence-corrected chi connectivity index (χ2v) is 6.94. The molecule has 1 aliphatic heterocycles. The number of rotatable bonds is 5. The average molecular weight is 361 g/mol. The number of benzene rings is 1. The highest BCUT2D eigenvalue weighted by Gasteiger charge is 2.27. The molecule has 0 radical (unpaired) electrons. The maximum atomic E-state index is 12.3. The Kier molecular flexibility index (Phi) is 5.89. The summed E-state index contributed by atoms with van der Waals surface area (Å²) in [5, 5.41) is 3.77. The van der Waals surface area contributed by atoms with Gasteiger partial charge in [-0.3, -0.25) is 9.69 Å². The van der Waals surface area contributed by atoms with Gasteiger partial charge >= 0.3 is 0 Å². The Morgan fingerprint density at radius 2 is 2.08 bits per heavy atom. The number of amides is 1. The lowest BCUT2D eigenvalue weighted by atomic mass is 10.1. The molecule has 1 amide bonds. The SMILES string of the molecule is C[C@H](NC(=O)C[NH+]1CCN(c2cccc[nH+]2)CC1)c1cccc(Cl)c1. The first-order chi connectivity index (χ1) is 12.1. The van der Waals surface area contributed by atoms with Gasteiger partial charge < -0.3 is 10.2 Å². The lowest BCUT2D eigenvalue weighted by molar-refractivity contribution is -0.892. The van der Waals surface area contributed by atoms with Gasteiger partial charge in [0.05, 0.1) is 12.2 Å². The molecule has 0 spiro atoms. The Bertz CT molecular complexity index is 702. The molecule has 1 aromatic carbocycles. The smallest absolute Gasteiger partial charge is 0.275 e. The zero-order valence-corrected chi connectivity index (χ0v) is 15.2. The number of hydrogen-bond acceptors (Lipinski definition) is 2.